The van der Waals surface area contributed by atoms with Crippen LogP contribution in [0.15, 0.2) is 28.8 Å². The SMILES string of the molecule is COc1ccccc1N1CC(c2nc(C3(N)CCCC3)no2)CC1=O. The van der Waals surface area contributed by atoms with Gasteiger partial charge in [0.15, 0.2) is 5.82 Å². The summed E-state index contributed by atoms with van der Waals surface area (Å²) in [6, 6.07) is 7.50. The number of amides is 1. The van der Waals surface area contributed by atoms with Gasteiger partial charge in [-0.3, -0.25) is 4.79 Å². The van der Waals surface area contributed by atoms with Crippen LogP contribution in [0, 0.1) is 0 Å². The maximum atomic E-state index is 12.5. The Morgan fingerprint density at radius 3 is 2.84 bits per heavy atom. The third kappa shape index (κ3) is 2.78. The highest BCUT2D eigenvalue weighted by Crippen LogP contribution is 2.38. The molecule has 7 nitrogen and oxygen atoms in total. The Morgan fingerprint density at radius 1 is 1.32 bits per heavy atom. The van der Waals surface area contributed by atoms with E-state index in [-0.39, 0.29) is 11.8 Å². The lowest BCUT2D eigenvalue weighted by Gasteiger charge is -2.19. The summed E-state index contributed by atoms with van der Waals surface area (Å²) in [4.78, 5) is 18.8. The van der Waals surface area contributed by atoms with Crippen LogP contribution in [0.4, 0.5) is 5.69 Å². The second-order valence-corrected chi connectivity index (χ2v) is 6.90. The summed E-state index contributed by atoms with van der Waals surface area (Å²) in [7, 11) is 1.60. The van der Waals surface area contributed by atoms with Gasteiger partial charge in [-0.15, -0.1) is 0 Å². The number of para-hydroxylation sites is 2. The topological polar surface area (TPSA) is 94.5 Å². The summed E-state index contributed by atoms with van der Waals surface area (Å²) in [5.41, 5.74) is 6.68. The molecule has 0 radical (unpaired) electrons. The van der Waals surface area contributed by atoms with Gasteiger partial charge in [-0.1, -0.05) is 30.1 Å². The van der Waals surface area contributed by atoms with E-state index in [0.29, 0.717) is 30.4 Å². The van der Waals surface area contributed by atoms with Gasteiger partial charge < -0.3 is 19.9 Å². The van der Waals surface area contributed by atoms with Crippen molar-refractivity contribution in [3.63, 3.8) is 0 Å². The summed E-state index contributed by atoms with van der Waals surface area (Å²) in [6.45, 7) is 0.498. The highest BCUT2D eigenvalue weighted by Gasteiger charge is 2.39. The average Bonchev–Trinajstić information content (AvgIpc) is 3.34. The van der Waals surface area contributed by atoms with Crippen LogP contribution in [0.5, 0.6) is 5.75 Å². The van der Waals surface area contributed by atoms with Gasteiger partial charge in [-0.05, 0) is 25.0 Å². The van der Waals surface area contributed by atoms with Crippen LogP contribution in [-0.2, 0) is 10.3 Å². The fourth-order valence-corrected chi connectivity index (χ4v) is 3.79. The Bertz CT molecular complexity index is 782. The monoisotopic (exact) mass is 342 g/mol. The van der Waals surface area contributed by atoms with Gasteiger partial charge in [-0.25, -0.2) is 0 Å². The molecule has 1 aliphatic carbocycles. The van der Waals surface area contributed by atoms with Crippen molar-refractivity contribution < 1.29 is 14.1 Å². The number of nitrogens with two attached hydrogens (primary N) is 1. The second-order valence-electron chi connectivity index (χ2n) is 6.90. The molecule has 1 amide bonds. The number of ether oxygens (including phenoxy) is 1. The third-order valence-electron chi connectivity index (χ3n) is 5.23. The van der Waals surface area contributed by atoms with Crippen LogP contribution in [0.3, 0.4) is 0 Å². The standard InChI is InChI=1S/C18H22N4O3/c1-24-14-7-3-2-6-13(14)22-11-12(10-15(22)23)16-20-17(21-25-16)18(19)8-4-5-9-18/h2-3,6-7,12H,4-5,8-11,19H2,1H3. The fraction of sp³-hybridized carbons (Fsp3) is 0.500. The zero-order chi connectivity index (χ0) is 17.4. The number of anilines is 1. The van der Waals surface area contributed by atoms with Crippen molar-refractivity contribution in [1.82, 2.24) is 10.1 Å². The lowest BCUT2D eigenvalue weighted by atomic mass is 9.98. The highest BCUT2D eigenvalue weighted by molar-refractivity contribution is 5.97. The zero-order valence-electron chi connectivity index (χ0n) is 14.3. The van der Waals surface area contributed by atoms with E-state index in [2.05, 4.69) is 10.1 Å². The molecule has 4 rings (SSSR count). The van der Waals surface area contributed by atoms with E-state index in [9.17, 15) is 4.79 Å². The Morgan fingerprint density at radius 2 is 2.08 bits per heavy atom. The predicted octanol–water partition coefficient (Wildman–Crippen LogP) is 2.33. The lowest BCUT2D eigenvalue weighted by Crippen LogP contribution is -2.34. The van der Waals surface area contributed by atoms with Crippen LogP contribution in [-0.4, -0.2) is 29.7 Å². The predicted molar refractivity (Wildman–Crippen MR) is 91.3 cm³/mol. The van der Waals surface area contributed by atoms with Crippen LogP contribution >= 0.6 is 0 Å². The molecule has 1 atom stereocenters. The van der Waals surface area contributed by atoms with Crippen molar-refractivity contribution in [1.29, 1.82) is 0 Å². The maximum absolute atomic E-state index is 12.5. The zero-order valence-corrected chi connectivity index (χ0v) is 14.3. The minimum Gasteiger partial charge on any atom is -0.495 e. The molecular weight excluding hydrogens is 320 g/mol. The van der Waals surface area contributed by atoms with Gasteiger partial charge in [0.05, 0.1) is 24.3 Å². The summed E-state index contributed by atoms with van der Waals surface area (Å²) >= 11 is 0. The van der Waals surface area contributed by atoms with E-state index in [1.807, 2.05) is 24.3 Å². The molecule has 1 aromatic heterocycles. The number of hydrogen-bond acceptors (Lipinski definition) is 6. The van der Waals surface area contributed by atoms with Gasteiger partial charge >= 0.3 is 0 Å². The van der Waals surface area contributed by atoms with Crippen LogP contribution in [0.2, 0.25) is 0 Å². The molecule has 2 heterocycles. The molecule has 25 heavy (non-hydrogen) atoms. The van der Waals surface area contributed by atoms with Crippen molar-refractivity contribution in [3.05, 3.63) is 36.0 Å². The van der Waals surface area contributed by atoms with E-state index in [1.165, 1.54) is 0 Å². The number of aromatic nitrogens is 2. The number of carbonyl (C=O) groups excluding carboxylic acids is 1. The maximum Gasteiger partial charge on any atom is 0.232 e. The van der Waals surface area contributed by atoms with Gasteiger partial charge in [0.1, 0.15) is 5.75 Å². The highest BCUT2D eigenvalue weighted by atomic mass is 16.5. The van der Waals surface area contributed by atoms with Crippen molar-refractivity contribution in [2.45, 2.75) is 43.6 Å². The second kappa shape index (κ2) is 6.15. The van der Waals surface area contributed by atoms with Crippen LogP contribution in [0.1, 0.15) is 49.7 Å². The molecule has 2 aliphatic rings. The van der Waals surface area contributed by atoms with Crippen molar-refractivity contribution in [2.24, 2.45) is 5.73 Å². The minimum atomic E-state index is -0.479. The first-order valence-corrected chi connectivity index (χ1v) is 8.67. The van der Waals surface area contributed by atoms with Gasteiger partial charge in [0.2, 0.25) is 11.8 Å². The molecule has 7 heteroatoms. The molecule has 1 saturated carbocycles. The molecule has 132 valence electrons. The largest absolute Gasteiger partial charge is 0.495 e. The third-order valence-corrected chi connectivity index (χ3v) is 5.23. The number of carbonyl (C=O) groups is 1. The van der Waals surface area contributed by atoms with Gasteiger partial charge in [0.25, 0.3) is 0 Å². The molecule has 1 unspecified atom stereocenters. The van der Waals surface area contributed by atoms with E-state index in [0.717, 1.165) is 31.4 Å². The van der Waals surface area contributed by atoms with Crippen molar-refractivity contribution in [3.8, 4) is 5.75 Å². The molecule has 2 N–H and O–H groups in total. The number of nitrogens with zero attached hydrogens (tertiary/aromatic N) is 3. The number of methoxy groups -OCH3 is 1. The molecule has 1 aliphatic heterocycles. The summed E-state index contributed by atoms with van der Waals surface area (Å²) in [5, 5.41) is 4.11. The Hall–Kier alpha value is -2.41. The first kappa shape index (κ1) is 16.1. The van der Waals surface area contributed by atoms with E-state index >= 15 is 0 Å². The Kier molecular flexibility index (Phi) is 3.95. The van der Waals surface area contributed by atoms with E-state index in [4.69, 9.17) is 15.0 Å². The van der Waals surface area contributed by atoms with E-state index in [1.54, 1.807) is 12.0 Å². The molecular formula is C18H22N4O3. The van der Waals surface area contributed by atoms with Crippen molar-refractivity contribution >= 4 is 11.6 Å². The number of benzene rings is 1. The molecule has 0 bridgehead atoms. The number of rotatable bonds is 4. The molecule has 2 aromatic rings. The summed E-state index contributed by atoms with van der Waals surface area (Å²) in [6.07, 6.45) is 4.27. The molecule has 1 aromatic carbocycles. The molecule has 0 spiro atoms. The minimum absolute atomic E-state index is 0.0255. The first-order chi connectivity index (χ1) is 12.1. The molecule has 2 fully saturated rings. The normalized spacial score (nSPS) is 22.6. The quantitative estimate of drug-likeness (QED) is 0.916. The van der Waals surface area contributed by atoms with Gasteiger partial charge in [0, 0.05) is 13.0 Å². The summed E-state index contributed by atoms with van der Waals surface area (Å²) < 4.78 is 10.8. The lowest BCUT2D eigenvalue weighted by molar-refractivity contribution is -0.117. The first-order valence-electron chi connectivity index (χ1n) is 8.67. The van der Waals surface area contributed by atoms with E-state index < -0.39 is 5.54 Å². The smallest absolute Gasteiger partial charge is 0.232 e. The number of hydrogen-bond donors (Lipinski definition) is 1. The van der Waals surface area contributed by atoms with Crippen LogP contribution in [0.25, 0.3) is 0 Å². The van der Waals surface area contributed by atoms with Crippen molar-refractivity contribution in [2.75, 3.05) is 18.6 Å². The molecule has 1 saturated heterocycles. The fourth-order valence-electron chi connectivity index (χ4n) is 3.79. The average molecular weight is 342 g/mol. The van der Waals surface area contributed by atoms with Crippen LogP contribution < -0.4 is 15.4 Å². The Labute approximate surface area is 146 Å². The van der Waals surface area contributed by atoms with Gasteiger partial charge in [-0.2, -0.15) is 4.98 Å². The Balaban J connectivity index is 1.56. The summed E-state index contributed by atoms with van der Waals surface area (Å²) in [5.74, 6) is 1.65.